The Morgan fingerprint density at radius 1 is 1.03 bits per heavy atom. The van der Waals surface area contributed by atoms with Crippen LogP contribution in [0.1, 0.15) is 69.9 Å². The van der Waals surface area contributed by atoms with Crippen molar-refractivity contribution in [1.29, 1.82) is 0 Å². The molecule has 2 saturated carbocycles. The number of amides is 1. The number of fused-ring (bicyclic) bond motifs is 5. The van der Waals surface area contributed by atoms with Crippen molar-refractivity contribution in [2.75, 3.05) is 5.32 Å². The number of aryl methyl sites for hydroxylation is 2. The molecule has 0 radical (unpaired) electrons. The van der Waals surface area contributed by atoms with E-state index in [4.69, 9.17) is 0 Å². The van der Waals surface area contributed by atoms with E-state index >= 15 is 0 Å². The first-order valence-corrected chi connectivity index (χ1v) is 12.7. The Hall–Kier alpha value is -2.36. The molecule has 1 aromatic rings. The minimum Gasteiger partial charge on any atom is -0.478 e. The SMILES string of the molecule is Cc1cc(C)cc(NC(=O)C2C[C@@]3(C)C(=CC[C@H]4[C@@H]5CCC[C@@]5(C)CC[C@@H]43)C=C2C(=O)O)c1. The quantitative estimate of drug-likeness (QED) is 0.560. The van der Waals surface area contributed by atoms with E-state index in [0.717, 1.165) is 34.7 Å². The molecule has 2 fully saturated rings. The second-order valence-corrected chi connectivity index (χ2v) is 11.8. The van der Waals surface area contributed by atoms with Gasteiger partial charge in [-0.05, 0) is 116 Å². The summed E-state index contributed by atoms with van der Waals surface area (Å²) in [5, 5.41) is 13.0. The second kappa shape index (κ2) is 7.85. The fourth-order valence-electron chi connectivity index (χ4n) is 8.13. The van der Waals surface area contributed by atoms with Crippen LogP contribution in [-0.2, 0) is 9.59 Å². The van der Waals surface area contributed by atoms with E-state index in [1.807, 2.05) is 32.1 Å². The van der Waals surface area contributed by atoms with E-state index in [-0.39, 0.29) is 16.9 Å². The van der Waals surface area contributed by atoms with Crippen LogP contribution in [0.25, 0.3) is 0 Å². The minimum absolute atomic E-state index is 0.143. The third kappa shape index (κ3) is 3.66. The zero-order chi connectivity index (χ0) is 23.5. The minimum atomic E-state index is -0.979. The Morgan fingerprint density at radius 2 is 1.76 bits per heavy atom. The number of allylic oxidation sites excluding steroid dienone is 3. The van der Waals surface area contributed by atoms with Crippen molar-refractivity contribution in [3.8, 4) is 0 Å². The first-order valence-electron chi connectivity index (χ1n) is 12.7. The highest BCUT2D eigenvalue weighted by Gasteiger charge is 2.56. The van der Waals surface area contributed by atoms with Crippen LogP contribution in [0.4, 0.5) is 5.69 Å². The Balaban J connectivity index is 1.48. The van der Waals surface area contributed by atoms with E-state index in [9.17, 15) is 14.7 Å². The molecule has 4 nitrogen and oxygen atoms in total. The number of rotatable bonds is 3. The third-order valence-corrected chi connectivity index (χ3v) is 9.67. The van der Waals surface area contributed by atoms with Gasteiger partial charge in [0.1, 0.15) is 0 Å². The number of hydrogen-bond donors (Lipinski definition) is 2. The molecule has 0 heterocycles. The predicted octanol–water partition coefficient (Wildman–Crippen LogP) is 6.44. The van der Waals surface area contributed by atoms with E-state index in [0.29, 0.717) is 23.7 Å². The lowest BCUT2D eigenvalue weighted by molar-refractivity contribution is -0.135. The van der Waals surface area contributed by atoms with Gasteiger partial charge in [-0.25, -0.2) is 4.79 Å². The summed E-state index contributed by atoms with van der Waals surface area (Å²) in [6.45, 7) is 8.81. The predicted molar refractivity (Wildman–Crippen MR) is 131 cm³/mol. The zero-order valence-corrected chi connectivity index (χ0v) is 20.4. The maximum atomic E-state index is 13.5. The molecule has 33 heavy (non-hydrogen) atoms. The molecule has 0 bridgehead atoms. The van der Waals surface area contributed by atoms with Gasteiger partial charge in [-0.2, -0.15) is 0 Å². The van der Waals surface area contributed by atoms with Crippen molar-refractivity contribution in [3.05, 3.63) is 52.6 Å². The molecule has 0 spiro atoms. The van der Waals surface area contributed by atoms with Crippen molar-refractivity contribution in [1.82, 2.24) is 0 Å². The zero-order valence-electron chi connectivity index (χ0n) is 20.4. The maximum Gasteiger partial charge on any atom is 0.332 e. The fraction of sp³-hybridized carbons (Fsp3) is 0.586. The van der Waals surface area contributed by atoms with Gasteiger partial charge in [0, 0.05) is 11.3 Å². The molecule has 1 unspecified atom stereocenters. The lowest BCUT2D eigenvalue weighted by atomic mass is 9.48. The molecular formula is C29H37NO3. The molecule has 0 aromatic heterocycles. The van der Waals surface area contributed by atoms with Gasteiger partial charge in [0.05, 0.1) is 5.92 Å². The van der Waals surface area contributed by atoms with E-state index in [2.05, 4.69) is 31.3 Å². The van der Waals surface area contributed by atoms with E-state index in [1.54, 1.807) is 0 Å². The molecule has 4 aliphatic rings. The van der Waals surface area contributed by atoms with Crippen molar-refractivity contribution >= 4 is 17.6 Å². The van der Waals surface area contributed by atoms with Crippen LogP contribution >= 0.6 is 0 Å². The van der Waals surface area contributed by atoms with Gasteiger partial charge >= 0.3 is 5.97 Å². The van der Waals surface area contributed by atoms with Gasteiger partial charge in [0.2, 0.25) is 5.91 Å². The normalized spacial score (nSPS) is 37.2. The highest BCUT2D eigenvalue weighted by Crippen LogP contribution is 2.65. The monoisotopic (exact) mass is 447 g/mol. The molecule has 2 N–H and O–H groups in total. The smallest absolute Gasteiger partial charge is 0.332 e. The Morgan fingerprint density at radius 3 is 2.45 bits per heavy atom. The summed E-state index contributed by atoms with van der Waals surface area (Å²) in [5.74, 6) is 0.129. The summed E-state index contributed by atoms with van der Waals surface area (Å²) in [7, 11) is 0. The molecule has 4 heteroatoms. The Labute approximate surface area is 197 Å². The molecule has 5 rings (SSSR count). The van der Waals surface area contributed by atoms with Gasteiger partial charge < -0.3 is 10.4 Å². The van der Waals surface area contributed by atoms with Crippen molar-refractivity contribution < 1.29 is 14.7 Å². The van der Waals surface area contributed by atoms with Crippen LogP contribution < -0.4 is 5.32 Å². The van der Waals surface area contributed by atoms with Crippen LogP contribution in [0, 0.1) is 48.3 Å². The number of benzene rings is 1. The first kappa shape index (κ1) is 22.4. The molecule has 6 atom stereocenters. The molecular weight excluding hydrogens is 410 g/mol. The molecule has 0 saturated heterocycles. The van der Waals surface area contributed by atoms with Crippen LogP contribution in [0.5, 0.6) is 0 Å². The summed E-state index contributed by atoms with van der Waals surface area (Å²) < 4.78 is 0. The fourth-order valence-corrected chi connectivity index (χ4v) is 8.13. The first-order chi connectivity index (χ1) is 15.6. The van der Waals surface area contributed by atoms with Crippen molar-refractivity contribution in [3.63, 3.8) is 0 Å². The summed E-state index contributed by atoms with van der Waals surface area (Å²) in [4.78, 5) is 25.7. The number of carboxylic acids is 1. The molecule has 0 aliphatic heterocycles. The van der Waals surface area contributed by atoms with Crippen molar-refractivity contribution in [2.45, 2.75) is 72.6 Å². The van der Waals surface area contributed by atoms with Crippen molar-refractivity contribution in [2.24, 2.45) is 34.5 Å². The average Bonchev–Trinajstić information content (AvgIpc) is 3.13. The van der Waals surface area contributed by atoms with E-state index in [1.165, 1.54) is 32.1 Å². The van der Waals surface area contributed by atoms with Gasteiger partial charge in [-0.1, -0.05) is 32.4 Å². The molecule has 1 aromatic carbocycles. The number of aliphatic carboxylic acids is 1. The number of hydrogen-bond acceptors (Lipinski definition) is 2. The van der Waals surface area contributed by atoms with Gasteiger partial charge in [-0.3, -0.25) is 4.79 Å². The Bertz CT molecular complexity index is 1050. The number of carbonyl (C=O) groups is 2. The lowest BCUT2D eigenvalue weighted by Crippen LogP contribution is -2.50. The summed E-state index contributed by atoms with van der Waals surface area (Å²) in [5.41, 5.74) is 4.62. The summed E-state index contributed by atoms with van der Waals surface area (Å²) >= 11 is 0. The average molecular weight is 448 g/mol. The van der Waals surface area contributed by atoms with Crippen LogP contribution in [0.15, 0.2) is 41.5 Å². The topological polar surface area (TPSA) is 66.4 Å². The number of nitrogens with one attached hydrogen (secondary N) is 1. The van der Waals surface area contributed by atoms with Gasteiger partial charge in [-0.15, -0.1) is 0 Å². The molecule has 176 valence electrons. The number of carbonyl (C=O) groups excluding carboxylic acids is 1. The molecule has 4 aliphatic carbocycles. The largest absolute Gasteiger partial charge is 0.478 e. The molecule has 1 amide bonds. The van der Waals surface area contributed by atoms with Gasteiger partial charge in [0.15, 0.2) is 0 Å². The van der Waals surface area contributed by atoms with E-state index < -0.39 is 11.9 Å². The maximum absolute atomic E-state index is 13.5. The van der Waals surface area contributed by atoms with Crippen LogP contribution in [0.2, 0.25) is 0 Å². The summed E-state index contributed by atoms with van der Waals surface area (Å²) in [6.07, 6.45) is 12.2. The van der Waals surface area contributed by atoms with Gasteiger partial charge in [0.25, 0.3) is 0 Å². The number of anilines is 1. The highest BCUT2D eigenvalue weighted by atomic mass is 16.4. The highest BCUT2D eigenvalue weighted by molar-refractivity contribution is 6.02. The standard InChI is InChI=1S/C29H37NO3/c1-17-12-18(2)14-20(13-17)30-26(31)23-16-29(4)19(15-22(23)27(32)33)7-8-21-24-6-5-10-28(24,3)11-9-25(21)29/h7,12-15,21,23-25H,5-6,8-11,16H2,1-4H3,(H,30,31)(H,32,33)/t21-,23?,24-,25-,28-,29-/m0/s1. The van der Waals surface area contributed by atoms with Crippen LogP contribution in [0.3, 0.4) is 0 Å². The lowest BCUT2D eigenvalue weighted by Gasteiger charge is -2.56. The second-order valence-electron chi connectivity index (χ2n) is 11.8. The number of carboxylic acid groups (broad SMARTS) is 1. The summed E-state index contributed by atoms with van der Waals surface area (Å²) in [6, 6.07) is 5.96. The third-order valence-electron chi connectivity index (χ3n) is 9.67. The Kier molecular flexibility index (Phi) is 5.34. The van der Waals surface area contributed by atoms with Crippen LogP contribution in [-0.4, -0.2) is 17.0 Å².